The molecule has 6 heteroatoms. The summed E-state index contributed by atoms with van der Waals surface area (Å²) >= 11 is 0. The van der Waals surface area contributed by atoms with Crippen molar-refractivity contribution < 1.29 is 13.2 Å². The normalized spacial score (nSPS) is 12.0. The van der Waals surface area contributed by atoms with Gasteiger partial charge < -0.3 is 9.13 Å². The monoisotopic (exact) mass is 633 g/mol. The first-order chi connectivity index (χ1) is 23.1. The molecule has 0 bridgehead atoms. The summed E-state index contributed by atoms with van der Waals surface area (Å²) in [5.74, 6) is 0. The van der Waals surface area contributed by atoms with Crippen molar-refractivity contribution in [2.75, 3.05) is 0 Å². The molecule has 48 heavy (non-hydrogen) atoms. The van der Waals surface area contributed by atoms with Crippen molar-refractivity contribution in [2.45, 2.75) is 33.9 Å². The summed E-state index contributed by atoms with van der Waals surface area (Å²) < 4.78 is 47.8. The number of aryl methyl sites for hydroxylation is 4. The van der Waals surface area contributed by atoms with E-state index in [0.29, 0.717) is 11.4 Å². The zero-order chi connectivity index (χ0) is 33.5. The number of hydrogen-bond donors (Lipinski definition) is 0. The predicted octanol–water partition coefficient (Wildman–Crippen LogP) is 11.7. The molecule has 0 N–H and O–H groups in total. The van der Waals surface area contributed by atoms with Crippen molar-refractivity contribution in [3.63, 3.8) is 0 Å². The van der Waals surface area contributed by atoms with E-state index in [1.807, 2.05) is 24.3 Å². The third-order valence-electron chi connectivity index (χ3n) is 9.71. The average Bonchev–Trinajstić information content (AvgIpc) is 3.60. The lowest BCUT2D eigenvalue weighted by atomic mass is 9.94. The molecule has 6 aromatic carbocycles. The number of nitrogens with zero attached hydrogens (tertiary/aromatic N) is 3. The number of halogens is 3. The smallest absolute Gasteiger partial charge is 0.307 e. The topological polar surface area (TPSA) is 33.6 Å². The number of fused-ring (bicyclic) bond motifs is 6. The minimum absolute atomic E-state index is 0.0311. The zero-order valence-corrected chi connectivity index (χ0v) is 26.9. The van der Waals surface area contributed by atoms with Gasteiger partial charge in [0, 0.05) is 27.1 Å². The van der Waals surface area contributed by atoms with Crippen molar-refractivity contribution in [1.29, 1.82) is 5.26 Å². The quantitative estimate of drug-likeness (QED) is 0.191. The van der Waals surface area contributed by atoms with Gasteiger partial charge in [0.05, 0.1) is 50.6 Å². The number of aromatic nitrogens is 2. The van der Waals surface area contributed by atoms with Gasteiger partial charge in [-0.15, -0.1) is 0 Å². The first-order valence-corrected chi connectivity index (χ1v) is 15.8. The van der Waals surface area contributed by atoms with Crippen LogP contribution in [0, 0.1) is 39.0 Å². The minimum atomic E-state index is -4.61. The average molecular weight is 634 g/mol. The highest BCUT2D eigenvalue weighted by molar-refractivity contribution is 6.14. The summed E-state index contributed by atoms with van der Waals surface area (Å²) in [6.45, 7) is 8.36. The SMILES string of the molecule is Cc1cccc2c1c1c(C)cccc1n2-c1cc(C#N)c(-c2ccccc2C(F)(F)F)cc1-n1c2cccc(C)c2c2c(C)cccc21. The summed E-state index contributed by atoms with van der Waals surface area (Å²) in [6, 6.07) is 36.0. The molecule has 2 heterocycles. The van der Waals surface area contributed by atoms with Gasteiger partial charge in [0.25, 0.3) is 0 Å². The number of alkyl halides is 3. The van der Waals surface area contributed by atoms with Crippen LogP contribution in [0.3, 0.4) is 0 Å². The third-order valence-corrected chi connectivity index (χ3v) is 9.71. The number of hydrogen-bond acceptors (Lipinski definition) is 1. The van der Waals surface area contributed by atoms with Crippen molar-refractivity contribution in [3.05, 3.63) is 143 Å². The summed E-state index contributed by atoms with van der Waals surface area (Å²) in [4.78, 5) is 0. The van der Waals surface area contributed by atoms with E-state index < -0.39 is 11.7 Å². The van der Waals surface area contributed by atoms with Crippen LogP contribution in [0.5, 0.6) is 0 Å². The van der Waals surface area contributed by atoms with Gasteiger partial charge in [-0.1, -0.05) is 66.7 Å². The van der Waals surface area contributed by atoms with Crippen LogP contribution in [0.15, 0.2) is 109 Å². The Morgan fingerprint density at radius 2 is 0.896 bits per heavy atom. The van der Waals surface area contributed by atoms with Crippen LogP contribution in [0.4, 0.5) is 13.2 Å². The van der Waals surface area contributed by atoms with Gasteiger partial charge in [-0.25, -0.2) is 0 Å². The van der Waals surface area contributed by atoms with Crippen LogP contribution in [0.2, 0.25) is 0 Å². The Bertz CT molecular complexity index is 2540. The van der Waals surface area contributed by atoms with E-state index >= 15 is 0 Å². The molecule has 0 aliphatic carbocycles. The van der Waals surface area contributed by atoms with Crippen LogP contribution >= 0.6 is 0 Å². The molecule has 0 radical (unpaired) electrons. The van der Waals surface area contributed by atoms with Gasteiger partial charge >= 0.3 is 6.18 Å². The second-order valence-corrected chi connectivity index (χ2v) is 12.6. The van der Waals surface area contributed by atoms with E-state index in [0.717, 1.165) is 71.9 Å². The van der Waals surface area contributed by atoms with Crippen molar-refractivity contribution in [2.24, 2.45) is 0 Å². The summed E-state index contributed by atoms with van der Waals surface area (Å²) in [5.41, 5.74) is 9.20. The highest BCUT2D eigenvalue weighted by Crippen LogP contribution is 2.45. The van der Waals surface area contributed by atoms with Crippen LogP contribution < -0.4 is 0 Å². The van der Waals surface area contributed by atoms with Gasteiger partial charge in [0.2, 0.25) is 0 Å². The van der Waals surface area contributed by atoms with E-state index in [-0.39, 0.29) is 16.7 Å². The number of rotatable bonds is 3. The zero-order valence-electron chi connectivity index (χ0n) is 26.9. The Balaban J connectivity index is 1.62. The molecule has 0 atom stereocenters. The molecule has 0 saturated carbocycles. The Labute approximate surface area is 275 Å². The second kappa shape index (κ2) is 10.6. The maximum Gasteiger partial charge on any atom is 0.417 e. The molecule has 3 nitrogen and oxygen atoms in total. The molecule has 0 unspecified atom stereocenters. The molecule has 0 saturated heterocycles. The standard InChI is InChI=1S/C42H30F3N3/c1-24-11-7-17-32-38(24)39-25(2)12-8-18-33(39)47(32)36-21-28(23-46)30(29-15-5-6-16-31(29)42(43,44)45)22-37(36)48-34-19-9-13-26(3)40(34)41-27(4)14-10-20-35(41)48/h5-22H,1-4H3. The Kier molecular flexibility index (Phi) is 6.54. The van der Waals surface area contributed by atoms with Gasteiger partial charge in [-0.05, 0) is 98.0 Å². The second-order valence-electron chi connectivity index (χ2n) is 12.6. The van der Waals surface area contributed by atoms with E-state index in [1.54, 1.807) is 18.2 Å². The molecular formula is C42H30F3N3. The molecule has 2 aromatic heterocycles. The molecule has 0 aliphatic heterocycles. The summed E-state index contributed by atoms with van der Waals surface area (Å²) in [7, 11) is 0. The van der Waals surface area contributed by atoms with Crippen LogP contribution in [0.25, 0.3) is 66.1 Å². The van der Waals surface area contributed by atoms with E-state index in [4.69, 9.17) is 0 Å². The minimum Gasteiger partial charge on any atom is -0.307 e. The molecule has 0 amide bonds. The maximum absolute atomic E-state index is 14.5. The van der Waals surface area contributed by atoms with Crippen LogP contribution in [-0.4, -0.2) is 9.13 Å². The Morgan fingerprint density at radius 3 is 1.29 bits per heavy atom. The van der Waals surface area contributed by atoms with E-state index in [9.17, 15) is 18.4 Å². The predicted molar refractivity (Wildman–Crippen MR) is 189 cm³/mol. The Morgan fingerprint density at radius 1 is 0.500 bits per heavy atom. The summed E-state index contributed by atoms with van der Waals surface area (Å²) in [6.07, 6.45) is -4.61. The van der Waals surface area contributed by atoms with E-state index in [2.05, 4.69) is 91.4 Å². The largest absolute Gasteiger partial charge is 0.417 e. The molecule has 8 rings (SSSR count). The fourth-order valence-corrected chi connectivity index (χ4v) is 7.65. The molecule has 0 aliphatic rings. The van der Waals surface area contributed by atoms with Crippen LogP contribution in [-0.2, 0) is 6.18 Å². The lowest BCUT2D eigenvalue weighted by Crippen LogP contribution is -2.09. The lowest BCUT2D eigenvalue weighted by Gasteiger charge is -2.21. The van der Waals surface area contributed by atoms with Gasteiger partial charge in [-0.2, -0.15) is 18.4 Å². The van der Waals surface area contributed by atoms with Crippen LogP contribution in [0.1, 0.15) is 33.4 Å². The highest BCUT2D eigenvalue weighted by atomic mass is 19.4. The fraction of sp³-hybridized carbons (Fsp3) is 0.119. The van der Waals surface area contributed by atoms with Gasteiger partial charge in [0.1, 0.15) is 0 Å². The maximum atomic E-state index is 14.5. The molecule has 234 valence electrons. The van der Waals surface area contributed by atoms with Crippen molar-refractivity contribution in [1.82, 2.24) is 9.13 Å². The van der Waals surface area contributed by atoms with Crippen molar-refractivity contribution in [3.8, 4) is 28.6 Å². The van der Waals surface area contributed by atoms with E-state index in [1.165, 1.54) is 12.1 Å². The lowest BCUT2D eigenvalue weighted by molar-refractivity contribution is -0.137. The highest BCUT2D eigenvalue weighted by Gasteiger charge is 2.34. The first-order valence-electron chi connectivity index (χ1n) is 15.8. The van der Waals surface area contributed by atoms with Gasteiger partial charge in [0.15, 0.2) is 0 Å². The first kappa shape index (κ1) is 29.6. The van der Waals surface area contributed by atoms with Gasteiger partial charge in [-0.3, -0.25) is 0 Å². The molecule has 0 spiro atoms. The third kappa shape index (κ3) is 4.21. The molecular weight excluding hydrogens is 603 g/mol. The number of benzene rings is 6. The molecule has 8 aromatic rings. The number of nitriles is 1. The summed E-state index contributed by atoms with van der Waals surface area (Å²) in [5, 5.41) is 15.0. The molecule has 0 fully saturated rings. The van der Waals surface area contributed by atoms with Crippen molar-refractivity contribution >= 4 is 43.6 Å². The fourth-order valence-electron chi connectivity index (χ4n) is 7.65. The Hall–Kier alpha value is -5.80.